The highest BCUT2D eigenvalue weighted by molar-refractivity contribution is 7.21. The molecule has 0 amide bonds. The quantitative estimate of drug-likeness (QED) is 0.705. The summed E-state index contributed by atoms with van der Waals surface area (Å²) in [7, 11) is 0. The van der Waals surface area contributed by atoms with Crippen LogP contribution >= 0.6 is 11.3 Å². The molecule has 1 aromatic carbocycles. The van der Waals surface area contributed by atoms with Gasteiger partial charge in [0.25, 0.3) is 0 Å². The van der Waals surface area contributed by atoms with E-state index in [1.54, 1.807) is 0 Å². The summed E-state index contributed by atoms with van der Waals surface area (Å²) >= 11 is 1.32. The number of thiophene rings is 1. The van der Waals surface area contributed by atoms with Gasteiger partial charge in [0.2, 0.25) is 0 Å². The van der Waals surface area contributed by atoms with Gasteiger partial charge in [-0.1, -0.05) is 6.07 Å². The van der Waals surface area contributed by atoms with Crippen LogP contribution in [-0.2, 0) is 0 Å². The molecule has 2 aromatic rings. The van der Waals surface area contributed by atoms with Crippen molar-refractivity contribution in [3.8, 4) is 5.75 Å². The molecule has 66 valence electrons. The highest BCUT2D eigenvalue weighted by atomic mass is 32.1. The highest BCUT2D eigenvalue weighted by Gasteiger charge is 2.09. The van der Waals surface area contributed by atoms with Gasteiger partial charge >= 0.3 is 0 Å². The molecule has 1 heterocycles. The van der Waals surface area contributed by atoms with Crippen molar-refractivity contribution in [2.45, 2.75) is 6.92 Å². The average Bonchev–Trinajstić information content (AvgIpc) is 2.42. The summed E-state index contributed by atoms with van der Waals surface area (Å²) in [4.78, 5) is 10.9. The third-order valence-electron chi connectivity index (χ3n) is 1.95. The molecule has 0 bridgehead atoms. The van der Waals surface area contributed by atoms with E-state index >= 15 is 0 Å². The molecule has 0 atom stereocenters. The monoisotopic (exact) mass is 192 g/mol. The van der Waals surface area contributed by atoms with Gasteiger partial charge in [-0.3, -0.25) is 4.79 Å². The Morgan fingerprint density at radius 1 is 1.46 bits per heavy atom. The summed E-state index contributed by atoms with van der Waals surface area (Å²) < 4.78 is 0.958. The van der Waals surface area contributed by atoms with Crippen LogP contribution in [0.25, 0.3) is 10.1 Å². The number of benzene rings is 1. The maximum Gasteiger partial charge on any atom is 0.163 e. The van der Waals surface area contributed by atoms with Gasteiger partial charge in [-0.2, -0.15) is 0 Å². The average molecular weight is 192 g/mol. The van der Waals surface area contributed by atoms with Crippen LogP contribution in [0.5, 0.6) is 5.75 Å². The summed E-state index contributed by atoms with van der Waals surface area (Å²) in [5.74, 6) is 0.106. The number of rotatable bonds is 1. The minimum absolute atomic E-state index is 0.106. The summed E-state index contributed by atoms with van der Waals surface area (Å²) in [5.41, 5.74) is 1.13. The van der Waals surface area contributed by atoms with E-state index in [0.29, 0.717) is 11.2 Å². The van der Waals surface area contributed by atoms with E-state index in [1.807, 2.05) is 25.1 Å². The Bertz CT molecular complexity index is 471. The van der Waals surface area contributed by atoms with Crippen molar-refractivity contribution in [1.82, 2.24) is 0 Å². The molecule has 1 N–H and O–H groups in total. The fourth-order valence-corrected chi connectivity index (χ4v) is 2.30. The van der Waals surface area contributed by atoms with Crippen molar-refractivity contribution < 1.29 is 9.90 Å². The number of hydrogen-bond acceptors (Lipinski definition) is 3. The molecule has 0 aliphatic heterocycles. The Hall–Kier alpha value is -1.35. The fourth-order valence-electron chi connectivity index (χ4n) is 1.29. The van der Waals surface area contributed by atoms with Gasteiger partial charge in [0.1, 0.15) is 10.6 Å². The summed E-state index contributed by atoms with van der Waals surface area (Å²) in [6.07, 6.45) is 0.690. The minimum Gasteiger partial charge on any atom is -0.506 e. The van der Waals surface area contributed by atoms with Crippen LogP contribution < -0.4 is 0 Å². The number of aldehydes is 1. The lowest BCUT2D eigenvalue weighted by Crippen LogP contribution is -1.70. The summed E-state index contributed by atoms with van der Waals surface area (Å²) in [6.45, 7) is 1.98. The first-order chi connectivity index (χ1) is 6.22. The first-order valence-electron chi connectivity index (χ1n) is 3.89. The zero-order valence-electron chi connectivity index (χ0n) is 7.07. The molecular weight excluding hydrogens is 184 g/mol. The maximum atomic E-state index is 10.5. The first kappa shape index (κ1) is 8.26. The molecule has 0 aliphatic carbocycles. The molecule has 0 fully saturated rings. The zero-order valence-corrected chi connectivity index (χ0v) is 7.89. The van der Waals surface area contributed by atoms with Gasteiger partial charge < -0.3 is 5.11 Å². The predicted molar refractivity (Wildman–Crippen MR) is 53.6 cm³/mol. The Morgan fingerprint density at radius 3 is 2.92 bits per heavy atom. The lowest BCUT2D eigenvalue weighted by Gasteiger charge is -1.91. The topological polar surface area (TPSA) is 37.3 Å². The van der Waals surface area contributed by atoms with Gasteiger partial charge in [0, 0.05) is 10.1 Å². The molecular formula is C10H8O2S. The van der Waals surface area contributed by atoms with Crippen molar-refractivity contribution in [2.24, 2.45) is 0 Å². The number of fused-ring (bicyclic) bond motifs is 1. The van der Waals surface area contributed by atoms with Crippen LogP contribution in [0.15, 0.2) is 18.2 Å². The van der Waals surface area contributed by atoms with Crippen molar-refractivity contribution in [2.75, 3.05) is 0 Å². The van der Waals surface area contributed by atoms with Crippen molar-refractivity contribution in [3.63, 3.8) is 0 Å². The Balaban J connectivity index is 2.83. The van der Waals surface area contributed by atoms with E-state index in [0.717, 1.165) is 15.6 Å². The van der Waals surface area contributed by atoms with Crippen LogP contribution in [-0.4, -0.2) is 11.4 Å². The van der Waals surface area contributed by atoms with Gasteiger partial charge in [-0.15, -0.1) is 11.3 Å². The normalized spacial score (nSPS) is 10.5. The summed E-state index contributed by atoms with van der Waals surface area (Å²) in [6, 6.07) is 5.72. The fraction of sp³-hybridized carbons (Fsp3) is 0.100. The maximum absolute atomic E-state index is 10.5. The molecule has 0 saturated heterocycles. The van der Waals surface area contributed by atoms with Crippen molar-refractivity contribution in [1.29, 1.82) is 0 Å². The van der Waals surface area contributed by atoms with Gasteiger partial charge in [-0.05, 0) is 24.6 Å². The highest BCUT2D eigenvalue weighted by Crippen LogP contribution is 2.35. The van der Waals surface area contributed by atoms with E-state index in [2.05, 4.69) is 0 Å². The number of hydrogen-bond donors (Lipinski definition) is 1. The van der Waals surface area contributed by atoms with Gasteiger partial charge in [-0.25, -0.2) is 0 Å². The Morgan fingerprint density at radius 2 is 2.23 bits per heavy atom. The SMILES string of the molecule is Cc1ccc2c(O)c(C=O)sc2c1. The molecule has 0 saturated carbocycles. The van der Waals surface area contributed by atoms with Crippen LogP contribution in [0.3, 0.4) is 0 Å². The van der Waals surface area contributed by atoms with E-state index in [4.69, 9.17) is 0 Å². The number of carbonyl (C=O) groups is 1. The molecule has 2 rings (SSSR count). The summed E-state index contributed by atoms with van der Waals surface area (Å²) in [5, 5.41) is 10.3. The molecule has 1 aromatic heterocycles. The molecule has 0 radical (unpaired) electrons. The van der Waals surface area contributed by atoms with Crippen LogP contribution in [0.2, 0.25) is 0 Å². The smallest absolute Gasteiger partial charge is 0.163 e. The van der Waals surface area contributed by atoms with E-state index in [-0.39, 0.29) is 5.75 Å². The molecule has 2 nitrogen and oxygen atoms in total. The van der Waals surface area contributed by atoms with Crippen LogP contribution in [0, 0.1) is 6.92 Å². The molecule has 0 aliphatic rings. The Labute approximate surface area is 79.4 Å². The largest absolute Gasteiger partial charge is 0.506 e. The van der Waals surface area contributed by atoms with Crippen LogP contribution in [0.1, 0.15) is 15.2 Å². The standard InChI is InChI=1S/C10H8O2S/c1-6-2-3-7-8(4-6)13-9(5-11)10(7)12/h2-5,12H,1H3. The van der Waals surface area contributed by atoms with E-state index in [1.165, 1.54) is 11.3 Å². The Kier molecular flexibility index (Phi) is 1.81. The van der Waals surface area contributed by atoms with Crippen LogP contribution in [0.4, 0.5) is 0 Å². The van der Waals surface area contributed by atoms with Gasteiger partial charge in [0.05, 0.1) is 0 Å². The first-order valence-corrected chi connectivity index (χ1v) is 4.71. The third-order valence-corrected chi connectivity index (χ3v) is 3.02. The second-order valence-electron chi connectivity index (χ2n) is 2.93. The predicted octanol–water partition coefficient (Wildman–Crippen LogP) is 2.73. The second kappa shape index (κ2) is 2.85. The molecule has 0 unspecified atom stereocenters. The van der Waals surface area contributed by atoms with Crippen molar-refractivity contribution in [3.05, 3.63) is 28.6 Å². The number of carbonyl (C=O) groups excluding carboxylic acids is 1. The molecule has 0 spiro atoms. The molecule has 3 heteroatoms. The van der Waals surface area contributed by atoms with Gasteiger partial charge in [0.15, 0.2) is 6.29 Å². The minimum atomic E-state index is 0.106. The van der Waals surface area contributed by atoms with Crippen molar-refractivity contribution >= 4 is 27.7 Å². The number of aromatic hydroxyl groups is 1. The zero-order chi connectivity index (χ0) is 9.42. The lowest BCUT2D eigenvalue weighted by atomic mass is 10.2. The van der Waals surface area contributed by atoms with E-state index < -0.39 is 0 Å². The lowest BCUT2D eigenvalue weighted by molar-refractivity contribution is 0.112. The number of aryl methyl sites for hydroxylation is 1. The second-order valence-corrected chi connectivity index (χ2v) is 4.02. The third kappa shape index (κ3) is 1.21. The molecule has 13 heavy (non-hydrogen) atoms. The van der Waals surface area contributed by atoms with E-state index in [9.17, 15) is 9.90 Å².